The Bertz CT molecular complexity index is 795. The Kier molecular flexibility index (Phi) is 5.62. The molecule has 2 rings (SSSR count). The Morgan fingerprint density at radius 2 is 1.25 bits per heavy atom. The van der Waals surface area contributed by atoms with Crippen molar-refractivity contribution in [3.05, 3.63) is 59.7 Å². The maximum absolute atomic E-state index is 5.22. The van der Waals surface area contributed by atoms with Gasteiger partial charge in [0.25, 0.3) is 0 Å². The quantitative estimate of drug-likeness (QED) is 0.361. The van der Waals surface area contributed by atoms with Crippen LogP contribution in [0.15, 0.2) is 68.9 Å². The van der Waals surface area contributed by atoms with Crippen LogP contribution in [0, 0.1) is 0 Å². The minimum Gasteiger partial charge on any atom is -0.369 e. The maximum Gasteiger partial charge on any atom is 0.211 e. The molecule has 8 heteroatoms. The molecule has 0 aliphatic rings. The fourth-order valence-electron chi connectivity index (χ4n) is 1.88. The van der Waals surface area contributed by atoms with Crippen LogP contribution in [0.4, 0.5) is 0 Å². The molecule has 122 valence electrons. The van der Waals surface area contributed by atoms with Crippen molar-refractivity contribution >= 4 is 24.3 Å². The van der Waals surface area contributed by atoms with Gasteiger partial charge in [-0.2, -0.15) is 10.2 Å². The van der Waals surface area contributed by atoms with Gasteiger partial charge in [0, 0.05) is 0 Å². The SMILES string of the molecule is NC(N)=N/N=C/c1ccc(-c2cccc(/C=N/N=C(N)N)c2)cc1. The molecule has 0 saturated heterocycles. The first kappa shape index (κ1) is 16.7. The van der Waals surface area contributed by atoms with Crippen LogP contribution in [0.25, 0.3) is 11.1 Å². The molecule has 0 aliphatic carbocycles. The lowest BCUT2D eigenvalue weighted by Gasteiger charge is -2.03. The van der Waals surface area contributed by atoms with Gasteiger partial charge < -0.3 is 22.9 Å². The highest BCUT2D eigenvalue weighted by molar-refractivity contribution is 5.85. The fourth-order valence-corrected chi connectivity index (χ4v) is 1.88. The maximum atomic E-state index is 5.22. The van der Waals surface area contributed by atoms with Crippen LogP contribution >= 0.6 is 0 Å². The summed E-state index contributed by atoms with van der Waals surface area (Å²) in [5, 5.41) is 14.7. The second kappa shape index (κ2) is 8.08. The Balaban J connectivity index is 2.17. The van der Waals surface area contributed by atoms with Gasteiger partial charge in [0.2, 0.25) is 11.9 Å². The number of guanidine groups is 2. The Labute approximate surface area is 139 Å². The molecule has 0 heterocycles. The third kappa shape index (κ3) is 5.26. The molecule has 0 fully saturated rings. The van der Waals surface area contributed by atoms with Gasteiger partial charge in [-0.25, -0.2) is 0 Å². The van der Waals surface area contributed by atoms with Gasteiger partial charge in [0.05, 0.1) is 12.4 Å². The smallest absolute Gasteiger partial charge is 0.211 e. The molecule has 2 aromatic rings. The monoisotopic (exact) mass is 322 g/mol. The molecule has 0 amide bonds. The van der Waals surface area contributed by atoms with E-state index in [4.69, 9.17) is 22.9 Å². The lowest BCUT2D eigenvalue weighted by atomic mass is 10.0. The third-order valence-electron chi connectivity index (χ3n) is 2.89. The normalized spacial score (nSPS) is 10.8. The lowest BCUT2D eigenvalue weighted by Crippen LogP contribution is -2.21. The highest BCUT2D eigenvalue weighted by Crippen LogP contribution is 2.20. The Hall–Kier alpha value is -3.68. The summed E-state index contributed by atoms with van der Waals surface area (Å²) in [5.74, 6) is -0.164. The third-order valence-corrected chi connectivity index (χ3v) is 2.89. The zero-order chi connectivity index (χ0) is 17.4. The summed E-state index contributed by atoms with van der Waals surface area (Å²) in [6, 6.07) is 15.6. The fraction of sp³-hybridized carbons (Fsp3) is 0. The highest BCUT2D eigenvalue weighted by atomic mass is 15.3. The Morgan fingerprint density at radius 1 is 0.667 bits per heavy atom. The predicted octanol–water partition coefficient (Wildman–Crippen LogP) is 0.568. The number of rotatable bonds is 5. The van der Waals surface area contributed by atoms with Gasteiger partial charge in [0.1, 0.15) is 0 Å². The standard InChI is InChI=1S/C16H18N8/c17-15(18)23-21-9-11-4-6-13(7-5-11)14-3-1-2-12(8-14)10-22-24-16(19)20/h1-10H,(H4,17,18,23)(H4,19,20,24)/b21-9+,22-10+. The van der Waals surface area contributed by atoms with Gasteiger partial charge in [-0.1, -0.05) is 42.5 Å². The predicted molar refractivity (Wildman–Crippen MR) is 98.7 cm³/mol. The van der Waals surface area contributed by atoms with Gasteiger partial charge in [0.15, 0.2) is 0 Å². The molecular formula is C16H18N8. The van der Waals surface area contributed by atoms with Crippen molar-refractivity contribution in [3.8, 4) is 11.1 Å². The molecule has 0 unspecified atom stereocenters. The molecule has 0 aromatic heterocycles. The van der Waals surface area contributed by atoms with Gasteiger partial charge >= 0.3 is 0 Å². The first-order valence-corrected chi connectivity index (χ1v) is 6.99. The van der Waals surface area contributed by atoms with Crippen LogP contribution in [0.2, 0.25) is 0 Å². The van der Waals surface area contributed by atoms with E-state index in [1.54, 1.807) is 12.4 Å². The van der Waals surface area contributed by atoms with E-state index in [1.165, 1.54) is 0 Å². The molecule has 8 nitrogen and oxygen atoms in total. The minimum atomic E-state index is -0.0830. The first-order valence-electron chi connectivity index (χ1n) is 6.99. The van der Waals surface area contributed by atoms with Crippen molar-refractivity contribution in [2.45, 2.75) is 0 Å². The van der Waals surface area contributed by atoms with E-state index in [9.17, 15) is 0 Å². The molecular weight excluding hydrogens is 304 g/mol. The molecule has 0 radical (unpaired) electrons. The van der Waals surface area contributed by atoms with E-state index in [2.05, 4.69) is 20.4 Å². The van der Waals surface area contributed by atoms with Gasteiger partial charge in [-0.15, -0.1) is 10.2 Å². The number of nitrogens with two attached hydrogens (primary N) is 4. The van der Waals surface area contributed by atoms with Gasteiger partial charge in [-0.3, -0.25) is 0 Å². The second-order valence-corrected chi connectivity index (χ2v) is 4.79. The minimum absolute atomic E-state index is 0.0814. The number of nitrogens with zero attached hydrogens (tertiary/aromatic N) is 4. The van der Waals surface area contributed by atoms with Crippen LogP contribution in [0.5, 0.6) is 0 Å². The summed E-state index contributed by atoms with van der Waals surface area (Å²) in [6.45, 7) is 0. The van der Waals surface area contributed by atoms with E-state index in [-0.39, 0.29) is 11.9 Å². The summed E-state index contributed by atoms with van der Waals surface area (Å²) in [5.41, 5.74) is 24.7. The first-order chi connectivity index (χ1) is 11.5. The van der Waals surface area contributed by atoms with Crippen LogP contribution in [-0.4, -0.2) is 24.3 Å². The zero-order valence-corrected chi connectivity index (χ0v) is 12.9. The van der Waals surface area contributed by atoms with Crippen molar-refractivity contribution in [1.82, 2.24) is 0 Å². The molecule has 0 atom stereocenters. The van der Waals surface area contributed by atoms with Crippen molar-refractivity contribution in [2.75, 3.05) is 0 Å². The van der Waals surface area contributed by atoms with Crippen molar-refractivity contribution in [3.63, 3.8) is 0 Å². The van der Waals surface area contributed by atoms with E-state index in [1.807, 2.05) is 48.5 Å². The molecule has 0 saturated carbocycles. The number of benzene rings is 2. The highest BCUT2D eigenvalue weighted by Gasteiger charge is 1.98. The summed E-state index contributed by atoms with van der Waals surface area (Å²) >= 11 is 0. The van der Waals surface area contributed by atoms with E-state index in [0.717, 1.165) is 22.3 Å². The van der Waals surface area contributed by atoms with Crippen molar-refractivity contribution in [1.29, 1.82) is 0 Å². The average Bonchev–Trinajstić information content (AvgIpc) is 2.55. The molecule has 0 bridgehead atoms. The van der Waals surface area contributed by atoms with E-state index < -0.39 is 0 Å². The summed E-state index contributed by atoms with van der Waals surface area (Å²) in [6.07, 6.45) is 3.15. The second-order valence-electron chi connectivity index (χ2n) is 4.79. The largest absolute Gasteiger partial charge is 0.369 e. The number of hydrogen-bond donors (Lipinski definition) is 4. The molecule has 0 spiro atoms. The summed E-state index contributed by atoms with van der Waals surface area (Å²) in [4.78, 5) is 0. The lowest BCUT2D eigenvalue weighted by molar-refractivity contribution is 1.21. The van der Waals surface area contributed by atoms with Gasteiger partial charge in [-0.05, 0) is 28.3 Å². The van der Waals surface area contributed by atoms with Crippen LogP contribution in [0.1, 0.15) is 11.1 Å². The molecule has 24 heavy (non-hydrogen) atoms. The van der Waals surface area contributed by atoms with Crippen molar-refractivity contribution < 1.29 is 0 Å². The summed E-state index contributed by atoms with van der Waals surface area (Å²) < 4.78 is 0. The zero-order valence-electron chi connectivity index (χ0n) is 12.9. The Morgan fingerprint density at radius 3 is 1.83 bits per heavy atom. The van der Waals surface area contributed by atoms with Crippen LogP contribution in [0.3, 0.4) is 0 Å². The topological polar surface area (TPSA) is 154 Å². The summed E-state index contributed by atoms with van der Waals surface area (Å²) in [7, 11) is 0. The molecule has 2 aromatic carbocycles. The number of hydrogen-bond acceptors (Lipinski definition) is 4. The van der Waals surface area contributed by atoms with Crippen LogP contribution < -0.4 is 22.9 Å². The van der Waals surface area contributed by atoms with Crippen molar-refractivity contribution in [2.24, 2.45) is 43.3 Å². The molecule has 8 N–H and O–H groups in total. The van der Waals surface area contributed by atoms with Crippen LogP contribution in [-0.2, 0) is 0 Å². The van der Waals surface area contributed by atoms with E-state index >= 15 is 0 Å². The molecule has 0 aliphatic heterocycles. The average molecular weight is 322 g/mol. The van der Waals surface area contributed by atoms with E-state index in [0.29, 0.717) is 0 Å².